The van der Waals surface area contributed by atoms with Gasteiger partial charge in [-0.3, -0.25) is 9.59 Å². The summed E-state index contributed by atoms with van der Waals surface area (Å²) >= 11 is 1.40. The van der Waals surface area contributed by atoms with Gasteiger partial charge in [0.15, 0.2) is 0 Å². The zero-order valence-electron chi connectivity index (χ0n) is 12.7. The van der Waals surface area contributed by atoms with Crippen LogP contribution in [0.2, 0.25) is 0 Å². The quantitative estimate of drug-likeness (QED) is 0.813. The van der Waals surface area contributed by atoms with Gasteiger partial charge in [0.25, 0.3) is 5.91 Å². The third kappa shape index (κ3) is 4.23. The van der Waals surface area contributed by atoms with Gasteiger partial charge in [0.05, 0.1) is 32.2 Å². The fourth-order valence-electron chi connectivity index (χ4n) is 2.11. The van der Waals surface area contributed by atoms with Crippen molar-refractivity contribution in [1.29, 1.82) is 0 Å². The molecule has 0 saturated heterocycles. The molecule has 1 aromatic heterocycles. The number of carbonyl (C=O) groups excluding carboxylic acids is 1. The van der Waals surface area contributed by atoms with Crippen molar-refractivity contribution >= 4 is 23.2 Å². The number of hydrogen-bond acceptors (Lipinski definition) is 5. The molecule has 0 saturated carbocycles. The molecule has 23 heavy (non-hydrogen) atoms. The summed E-state index contributed by atoms with van der Waals surface area (Å²) in [5.74, 6) is -0.449. The summed E-state index contributed by atoms with van der Waals surface area (Å²) in [5, 5.41) is 13.6. The van der Waals surface area contributed by atoms with Gasteiger partial charge in [-0.2, -0.15) is 0 Å². The lowest BCUT2D eigenvalue weighted by Crippen LogP contribution is -2.30. The molecule has 1 aromatic carbocycles. The van der Waals surface area contributed by atoms with E-state index in [4.69, 9.17) is 14.6 Å². The first kappa shape index (κ1) is 16.8. The number of amides is 1. The van der Waals surface area contributed by atoms with Gasteiger partial charge in [0, 0.05) is 10.9 Å². The predicted molar refractivity (Wildman–Crippen MR) is 86.3 cm³/mol. The summed E-state index contributed by atoms with van der Waals surface area (Å²) in [6.07, 6.45) is -0.190. The number of benzene rings is 1. The molecule has 2 rings (SSSR count). The fourth-order valence-corrected chi connectivity index (χ4v) is 2.89. The van der Waals surface area contributed by atoms with E-state index in [0.29, 0.717) is 17.1 Å². The molecule has 2 aromatic rings. The Labute approximate surface area is 137 Å². The van der Waals surface area contributed by atoms with Crippen LogP contribution >= 0.6 is 11.3 Å². The molecule has 6 nitrogen and oxygen atoms in total. The number of carbonyl (C=O) groups is 2. The molecule has 0 fully saturated rings. The van der Waals surface area contributed by atoms with Crippen molar-refractivity contribution in [2.45, 2.75) is 12.5 Å². The Kier molecular flexibility index (Phi) is 5.59. The number of aliphatic carboxylic acids is 1. The van der Waals surface area contributed by atoms with E-state index in [-0.39, 0.29) is 6.42 Å². The molecule has 1 heterocycles. The highest BCUT2D eigenvalue weighted by Gasteiger charge is 2.21. The Morgan fingerprint density at radius 2 is 2.04 bits per heavy atom. The Balaban J connectivity index is 2.23. The Hall–Kier alpha value is -2.54. The van der Waals surface area contributed by atoms with Crippen LogP contribution < -0.4 is 14.8 Å². The number of rotatable bonds is 7. The molecule has 0 unspecified atom stereocenters. The average molecular weight is 335 g/mol. The van der Waals surface area contributed by atoms with Gasteiger partial charge in [-0.05, 0) is 23.6 Å². The SMILES string of the molecule is COc1ccc(C(=O)N[C@@H](CC(=O)O)c2cccs2)c(OC)c1. The summed E-state index contributed by atoms with van der Waals surface area (Å²) in [7, 11) is 2.98. The summed E-state index contributed by atoms with van der Waals surface area (Å²) < 4.78 is 10.3. The largest absolute Gasteiger partial charge is 0.497 e. The van der Waals surface area contributed by atoms with Crippen LogP contribution in [0.5, 0.6) is 11.5 Å². The van der Waals surface area contributed by atoms with E-state index < -0.39 is 17.9 Å². The molecule has 1 amide bonds. The van der Waals surface area contributed by atoms with Gasteiger partial charge in [0.2, 0.25) is 0 Å². The van der Waals surface area contributed by atoms with E-state index in [1.807, 2.05) is 11.4 Å². The van der Waals surface area contributed by atoms with E-state index in [2.05, 4.69) is 5.32 Å². The predicted octanol–water partition coefficient (Wildman–Crippen LogP) is 2.71. The standard InChI is InChI=1S/C16H17NO5S/c1-21-10-5-6-11(13(8-10)22-2)16(20)17-12(9-15(18)19)14-4-3-7-23-14/h3-8,12H,9H2,1-2H3,(H,17,20)(H,18,19)/t12-/m0/s1. The molecule has 0 radical (unpaired) electrons. The molecule has 0 spiro atoms. The smallest absolute Gasteiger partial charge is 0.305 e. The number of methoxy groups -OCH3 is 2. The first-order valence-electron chi connectivity index (χ1n) is 6.83. The van der Waals surface area contributed by atoms with Gasteiger partial charge in [-0.1, -0.05) is 6.07 Å². The lowest BCUT2D eigenvalue weighted by atomic mass is 10.1. The lowest BCUT2D eigenvalue weighted by Gasteiger charge is -2.17. The molecule has 0 aliphatic rings. The highest BCUT2D eigenvalue weighted by Crippen LogP contribution is 2.27. The number of carboxylic acid groups (broad SMARTS) is 1. The van der Waals surface area contributed by atoms with Crippen LogP contribution in [-0.4, -0.2) is 31.2 Å². The minimum Gasteiger partial charge on any atom is -0.497 e. The molecule has 2 N–H and O–H groups in total. The molecule has 122 valence electrons. The number of carboxylic acids is 1. The van der Waals surface area contributed by atoms with Crippen LogP contribution in [0.3, 0.4) is 0 Å². The van der Waals surface area contributed by atoms with Gasteiger partial charge in [-0.25, -0.2) is 0 Å². The average Bonchev–Trinajstić information content (AvgIpc) is 3.07. The Morgan fingerprint density at radius 1 is 1.26 bits per heavy atom. The van der Waals surface area contributed by atoms with E-state index in [1.165, 1.54) is 25.6 Å². The van der Waals surface area contributed by atoms with Gasteiger partial charge in [-0.15, -0.1) is 11.3 Å². The van der Waals surface area contributed by atoms with Crippen LogP contribution in [0.25, 0.3) is 0 Å². The van der Waals surface area contributed by atoms with Crippen LogP contribution in [-0.2, 0) is 4.79 Å². The van der Waals surface area contributed by atoms with E-state index in [0.717, 1.165) is 4.88 Å². The van der Waals surface area contributed by atoms with Gasteiger partial charge >= 0.3 is 5.97 Å². The molecular formula is C16H17NO5S. The zero-order chi connectivity index (χ0) is 16.8. The maximum absolute atomic E-state index is 12.5. The molecule has 0 aliphatic heterocycles. The van der Waals surface area contributed by atoms with Crippen molar-refractivity contribution in [3.8, 4) is 11.5 Å². The summed E-state index contributed by atoms with van der Waals surface area (Å²) in [4.78, 5) is 24.3. The minimum atomic E-state index is -0.981. The van der Waals surface area contributed by atoms with Crippen LogP contribution in [0.1, 0.15) is 27.7 Å². The number of nitrogens with one attached hydrogen (secondary N) is 1. The van der Waals surface area contributed by atoms with E-state index in [9.17, 15) is 9.59 Å². The summed E-state index contributed by atoms with van der Waals surface area (Å²) in [6.45, 7) is 0. The third-order valence-corrected chi connectivity index (χ3v) is 4.21. The van der Waals surface area contributed by atoms with E-state index in [1.54, 1.807) is 24.3 Å². The molecule has 0 aliphatic carbocycles. The second-order valence-corrected chi connectivity index (χ2v) is 5.68. The first-order valence-corrected chi connectivity index (χ1v) is 7.71. The third-order valence-electron chi connectivity index (χ3n) is 3.22. The highest BCUT2D eigenvalue weighted by molar-refractivity contribution is 7.10. The lowest BCUT2D eigenvalue weighted by molar-refractivity contribution is -0.137. The number of ether oxygens (including phenoxy) is 2. The first-order chi connectivity index (χ1) is 11.0. The van der Waals surface area contributed by atoms with Gasteiger partial charge in [0.1, 0.15) is 11.5 Å². The van der Waals surface area contributed by atoms with Crippen molar-refractivity contribution in [3.63, 3.8) is 0 Å². The number of thiophene rings is 1. The van der Waals surface area contributed by atoms with Crippen LogP contribution in [0.4, 0.5) is 0 Å². The maximum atomic E-state index is 12.5. The Bertz CT molecular complexity index is 684. The topological polar surface area (TPSA) is 84.9 Å². The second-order valence-electron chi connectivity index (χ2n) is 4.71. The zero-order valence-corrected chi connectivity index (χ0v) is 13.6. The molecular weight excluding hydrogens is 318 g/mol. The van der Waals surface area contributed by atoms with Gasteiger partial charge < -0.3 is 19.9 Å². The summed E-state index contributed by atoms with van der Waals surface area (Å²) in [6, 6.07) is 7.85. The van der Waals surface area contributed by atoms with Crippen molar-refractivity contribution in [1.82, 2.24) is 5.32 Å². The summed E-state index contributed by atoms with van der Waals surface area (Å²) in [5.41, 5.74) is 0.320. The van der Waals surface area contributed by atoms with Crippen molar-refractivity contribution in [3.05, 3.63) is 46.2 Å². The number of hydrogen-bond donors (Lipinski definition) is 2. The van der Waals surface area contributed by atoms with E-state index >= 15 is 0 Å². The van der Waals surface area contributed by atoms with Crippen LogP contribution in [0.15, 0.2) is 35.7 Å². The van der Waals surface area contributed by atoms with Crippen molar-refractivity contribution in [2.75, 3.05) is 14.2 Å². The Morgan fingerprint density at radius 3 is 2.61 bits per heavy atom. The normalized spacial score (nSPS) is 11.6. The molecule has 0 bridgehead atoms. The fraction of sp³-hybridized carbons (Fsp3) is 0.250. The van der Waals surface area contributed by atoms with Crippen molar-refractivity contribution < 1.29 is 24.2 Å². The molecule has 1 atom stereocenters. The van der Waals surface area contributed by atoms with Crippen LogP contribution in [0, 0.1) is 0 Å². The van der Waals surface area contributed by atoms with Crippen molar-refractivity contribution in [2.24, 2.45) is 0 Å². The minimum absolute atomic E-state index is 0.190. The monoisotopic (exact) mass is 335 g/mol. The maximum Gasteiger partial charge on any atom is 0.305 e. The molecule has 7 heteroatoms. The second kappa shape index (κ2) is 7.64. The highest BCUT2D eigenvalue weighted by atomic mass is 32.1.